The maximum atomic E-state index is 12.4. The zero-order chi connectivity index (χ0) is 20.9. The van der Waals surface area contributed by atoms with Gasteiger partial charge in [-0.3, -0.25) is 9.59 Å². The van der Waals surface area contributed by atoms with Gasteiger partial charge in [0.1, 0.15) is 0 Å². The lowest BCUT2D eigenvalue weighted by Crippen LogP contribution is -2.32. The van der Waals surface area contributed by atoms with E-state index >= 15 is 0 Å². The molecule has 0 saturated carbocycles. The molecule has 8 heteroatoms. The first-order valence-electron chi connectivity index (χ1n) is 8.79. The van der Waals surface area contributed by atoms with E-state index in [4.69, 9.17) is 11.6 Å². The highest BCUT2D eigenvalue weighted by Crippen LogP contribution is 2.22. The summed E-state index contributed by atoms with van der Waals surface area (Å²) in [6, 6.07) is 11.1. The third-order valence-electron chi connectivity index (χ3n) is 4.22. The molecule has 0 aliphatic heterocycles. The zero-order valence-electron chi connectivity index (χ0n) is 16.0. The number of carbonyl (C=O) groups excluding carboxylic acids is 2. The zero-order valence-corrected chi connectivity index (χ0v) is 17.5. The minimum Gasteiger partial charge on any atom is -0.350 e. The summed E-state index contributed by atoms with van der Waals surface area (Å²) in [6.07, 6.45) is 1.86. The molecular formula is C20H23ClN2O4S. The van der Waals surface area contributed by atoms with Gasteiger partial charge in [0.25, 0.3) is 11.8 Å². The van der Waals surface area contributed by atoms with Gasteiger partial charge >= 0.3 is 0 Å². The predicted molar refractivity (Wildman–Crippen MR) is 109 cm³/mol. The maximum absolute atomic E-state index is 12.4. The second-order valence-corrected chi connectivity index (χ2v) is 8.97. The van der Waals surface area contributed by atoms with Crippen molar-refractivity contribution in [2.75, 3.05) is 6.26 Å². The Morgan fingerprint density at radius 2 is 1.75 bits per heavy atom. The fraction of sp³-hybridized carbons (Fsp3) is 0.300. The Balaban J connectivity index is 2.09. The molecule has 0 heterocycles. The lowest BCUT2D eigenvalue weighted by Gasteiger charge is -2.12. The average molecular weight is 423 g/mol. The van der Waals surface area contributed by atoms with E-state index in [-0.39, 0.29) is 34.0 Å². The van der Waals surface area contributed by atoms with Gasteiger partial charge in [0.15, 0.2) is 9.84 Å². The summed E-state index contributed by atoms with van der Waals surface area (Å²) in [4.78, 5) is 24.5. The standard InChI is InChI=1S/C20H23ClN2O4S/c1-4-13(2)23-20(25)15-7-5-6-14(10-15)12-22-19(24)16-8-9-17(21)18(11-16)28(3,26)27/h5-11,13H,4,12H2,1-3H3,(H,22,24)(H,23,25). The first-order valence-corrected chi connectivity index (χ1v) is 11.1. The van der Waals surface area contributed by atoms with Gasteiger partial charge < -0.3 is 10.6 Å². The van der Waals surface area contributed by atoms with Crippen LogP contribution in [0, 0.1) is 0 Å². The van der Waals surface area contributed by atoms with Crippen LogP contribution in [0.4, 0.5) is 0 Å². The summed E-state index contributed by atoms with van der Waals surface area (Å²) in [6.45, 7) is 4.11. The molecule has 0 aromatic heterocycles. The second kappa shape index (κ2) is 9.21. The van der Waals surface area contributed by atoms with Gasteiger partial charge in [0.05, 0.1) is 9.92 Å². The number of carbonyl (C=O) groups is 2. The van der Waals surface area contributed by atoms with E-state index in [1.165, 1.54) is 18.2 Å². The first kappa shape index (κ1) is 21.9. The van der Waals surface area contributed by atoms with Crippen LogP contribution in [0.25, 0.3) is 0 Å². The van der Waals surface area contributed by atoms with E-state index in [0.29, 0.717) is 5.56 Å². The Kier molecular flexibility index (Phi) is 7.21. The van der Waals surface area contributed by atoms with Crippen LogP contribution >= 0.6 is 11.6 Å². The first-order chi connectivity index (χ1) is 13.1. The Morgan fingerprint density at radius 1 is 1.07 bits per heavy atom. The van der Waals surface area contributed by atoms with E-state index in [1.54, 1.807) is 24.3 Å². The number of sulfone groups is 1. The minimum absolute atomic E-state index is 0.0686. The lowest BCUT2D eigenvalue weighted by atomic mass is 10.1. The summed E-state index contributed by atoms with van der Waals surface area (Å²) < 4.78 is 23.5. The van der Waals surface area contributed by atoms with Gasteiger partial charge in [-0.15, -0.1) is 0 Å². The van der Waals surface area contributed by atoms with Crippen LogP contribution in [-0.2, 0) is 16.4 Å². The molecule has 150 valence electrons. The Hall–Kier alpha value is -2.38. The van der Waals surface area contributed by atoms with E-state index in [0.717, 1.165) is 18.2 Å². The van der Waals surface area contributed by atoms with E-state index in [1.807, 2.05) is 13.8 Å². The number of hydrogen-bond acceptors (Lipinski definition) is 4. The van der Waals surface area contributed by atoms with Crippen molar-refractivity contribution >= 4 is 33.3 Å². The van der Waals surface area contributed by atoms with Crippen molar-refractivity contribution < 1.29 is 18.0 Å². The molecule has 0 aliphatic rings. The monoisotopic (exact) mass is 422 g/mol. The highest BCUT2D eigenvalue weighted by Gasteiger charge is 2.16. The smallest absolute Gasteiger partial charge is 0.251 e. The van der Waals surface area contributed by atoms with E-state index < -0.39 is 15.7 Å². The predicted octanol–water partition coefficient (Wildman–Crippen LogP) is 3.20. The van der Waals surface area contributed by atoms with Crippen molar-refractivity contribution in [3.63, 3.8) is 0 Å². The molecular weight excluding hydrogens is 400 g/mol. The SMILES string of the molecule is CCC(C)NC(=O)c1cccc(CNC(=O)c2ccc(Cl)c(S(C)(=O)=O)c2)c1. The fourth-order valence-electron chi connectivity index (χ4n) is 2.44. The summed E-state index contributed by atoms with van der Waals surface area (Å²) in [5.41, 5.74) is 1.45. The molecule has 2 N–H and O–H groups in total. The molecule has 0 saturated heterocycles. The van der Waals surface area contributed by atoms with E-state index in [2.05, 4.69) is 10.6 Å². The van der Waals surface area contributed by atoms with Gasteiger partial charge in [0.2, 0.25) is 0 Å². The number of rotatable bonds is 7. The maximum Gasteiger partial charge on any atom is 0.251 e. The van der Waals surface area contributed by atoms with E-state index in [9.17, 15) is 18.0 Å². The van der Waals surface area contributed by atoms with Crippen LogP contribution in [0.15, 0.2) is 47.4 Å². The quantitative estimate of drug-likeness (QED) is 0.716. The molecule has 0 fully saturated rings. The number of benzene rings is 2. The van der Waals surface area contributed by atoms with Crippen LogP contribution in [0.1, 0.15) is 46.5 Å². The van der Waals surface area contributed by atoms with Gasteiger partial charge in [-0.25, -0.2) is 8.42 Å². The van der Waals surface area contributed by atoms with Crippen molar-refractivity contribution in [1.82, 2.24) is 10.6 Å². The van der Waals surface area contributed by atoms with Gasteiger partial charge in [-0.2, -0.15) is 0 Å². The fourth-order valence-corrected chi connectivity index (χ4v) is 3.75. The Labute approximate surface area is 170 Å². The van der Waals surface area contributed by atoms with Crippen LogP contribution in [0.2, 0.25) is 5.02 Å². The van der Waals surface area contributed by atoms with Crippen molar-refractivity contribution in [3.05, 3.63) is 64.2 Å². The topological polar surface area (TPSA) is 92.3 Å². The number of halogens is 1. The molecule has 0 aliphatic carbocycles. The number of amides is 2. The highest BCUT2D eigenvalue weighted by atomic mass is 35.5. The summed E-state index contributed by atoms with van der Waals surface area (Å²) >= 11 is 5.90. The molecule has 2 amide bonds. The van der Waals surface area contributed by atoms with Gasteiger partial charge in [-0.1, -0.05) is 30.7 Å². The summed E-state index contributed by atoms with van der Waals surface area (Å²) in [5.74, 6) is -0.603. The Bertz CT molecular complexity index is 989. The molecule has 0 radical (unpaired) electrons. The van der Waals surface area contributed by atoms with Crippen LogP contribution in [0.5, 0.6) is 0 Å². The normalized spacial score (nSPS) is 12.3. The Morgan fingerprint density at radius 3 is 2.39 bits per heavy atom. The van der Waals surface area contributed by atoms with Crippen molar-refractivity contribution in [2.45, 2.75) is 37.8 Å². The number of hydrogen-bond donors (Lipinski definition) is 2. The van der Waals surface area contributed by atoms with Gasteiger partial charge in [-0.05, 0) is 49.2 Å². The van der Waals surface area contributed by atoms with Crippen LogP contribution in [-0.4, -0.2) is 32.5 Å². The van der Waals surface area contributed by atoms with Crippen molar-refractivity contribution in [1.29, 1.82) is 0 Å². The van der Waals surface area contributed by atoms with Crippen molar-refractivity contribution in [2.24, 2.45) is 0 Å². The largest absolute Gasteiger partial charge is 0.350 e. The molecule has 1 atom stereocenters. The van der Waals surface area contributed by atoms with Gasteiger partial charge in [0, 0.05) is 30.0 Å². The molecule has 0 bridgehead atoms. The molecule has 2 aromatic rings. The molecule has 6 nitrogen and oxygen atoms in total. The molecule has 1 unspecified atom stereocenters. The third-order valence-corrected chi connectivity index (χ3v) is 5.80. The molecule has 2 aromatic carbocycles. The average Bonchev–Trinajstić information content (AvgIpc) is 2.65. The molecule has 28 heavy (non-hydrogen) atoms. The van der Waals surface area contributed by atoms with Crippen LogP contribution in [0.3, 0.4) is 0 Å². The number of nitrogens with one attached hydrogen (secondary N) is 2. The van der Waals surface area contributed by atoms with Crippen LogP contribution < -0.4 is 10.6 Å². The highest BCUT2D eigenvalue weighted by molar-refractivity contribution is 7.90. The minimum atomic E-state index is -3.54. The third kappa shape index (κ3) is 5.81. The lowest BCUT2D eigenvalue weighted by molar-refractivity contribution is 0.0936. The second-order valence-electron chi connectivity index (χ2n) is 6.58. The summed E-state index contributed by atoms with van der Waals surface area (Å²) in [5, 5.41) is 5.69. The van der Waals surface area contributed by atoms with Crippen molar-refractivity contribution in [3.8, 4) is 0 Å². The molecule has 2 rings (SSSR count). The molecule has 0 spiro atoms. The summed E-state index contributed by atoms with van der Waals surface area (Å²) in [7, 11) is -3.54.